The van der Waals surface area contributed by atoms with E-state index in [1.807, 2.05) is 65.4 Å². The number of sulfonamides is 1. The Morgan fingerprint density at radius 2 is 1.63 bits per heavy atom. The van der Waals surface area contributed by atoms with Crippen molar-refractivity contribution in [3.8, 4) is 34.2 Å². The van der Waals surface area contributed by atoms with Crippen LogP contribution in [0.1, 0.15) is 19.4 Å². The second kappa shape index (κ2) is 12.7. The minimum absolute atomic E-state index is 0.111. The van der Waals surface area contributed by atoms with Crippen molar-refractivity contribution >= 4 is 39.3 Å². The van der Waals surface area contributed by atoms with Gasteiger partial charge in [0.1, 0.15) is 16.8 Å². The van der Waals surface area contributed by atoms with Gasteiger partial charge in [-0.3, -0.25) is 9.59 Å². The van der Waals surface area contributed by atoms with Gasteiger partial charge in [0.2, 0.25) is 11.8 Å². The number of carbonyl (C=O) groups excluding carboxylic acids is 2. The van der Waals surface area contributed by atoms with Gasteiger partial charge in [0.15, 0.2) is 0 Å². The van der Waals surface area contributed by atoms with Crippen LogP contribution in [0.3, 0.4) is 0 Å². The zero-order valence-electron chi connectivity index (χ0n) is 22.4. The Morgan fingerprint density at radius 1 is 0.976 bits per heavy atom. The van der Waals surface area contributed by atoms with Crippen molar-refractivity contribution in [2.24, 2.45) is 0 Å². The molecule has 0 saturated heterocycles. The smallest absolute Gasteiger partial charge is 0.264 e. The molecule has 4 rings (SSSR count). The summed E-state index contributed by atoms with van der Waals surface area (Å²) < 4.78 is 31.5. The van der Waals surface area contributed by atoms with Crippen LogP contribution in [0.2, 0.25) is 0 Å². The number of thioether (sulfide) groups is 1. The summed E-state index contributed by atoms with van der Waals surface area (Å²) in [5.41, 5.74) is 3.70. The molecule has 1 atom stereocenters. The topological polar surface area (TPSA) is 138 Å². The highest BCUT2D eigenvalue weighted by atomic mass is 32.2. The first-order chi connectivity index (χ1) is 19.6. The highest BCUT2D eigenvalue weighted by Crippen LogP contribution is 2.36. The number of aromatic nitrogens is 1. The first-order valence-electron chi connectivity index (χ1n) is 12.4. The fourth-order valence-electron chi connectivity index (χ4n) is 3.90. The lowest BCUT2D eigenvalue weighted by atomic mass is 9.99. The molecule has 0 aliphatic rings. The molecule has 2 amide bonds. The van der Waals surface area contributed by atoms with Crippen molar-refractivity contribution in [3.05, 3.63) is 90.5 Å². The van der Waals surface area contributed by atoms with E-state index >= 15 is 0 Å². The third-order valence-electron chi connectivity index (χ3n) is 5.94. The molecule has 208 valence electrons. The average Bonchev–Trinajstić information content (AvgIpc) is 2.97. The van der Waals surface area contributed by atoms with E-state index < -0.39 is 21.2 Å². The molecule has 0 spiro atoms. The van der Waals surface area contributed by atoms with Crippen LogP contribution in [0.4, 0.5) is 5.69 Å². The van der Waals surface area contributed by atoms with E-state index in [-0.39, 0.29) is 10.8 Å². The minimum atomic E-state index is -3.99. The number of amides is 2. The van der Waals surface area contributed by atoms with Gasteiger partial charge in [0, 0.05) is 23.7 Å². The number of nitrogens with one attached hydrogen (secondary N) is 2. The molecule has 41 heavy (non-hydrogen) atoms. The summed E-state index contributed by atoms with van der Waals surface area (Å²) in [5.74, 6) is -0.385. The summed E-state index contributed by atoms with van der Waals surface area (Å²) in [4.78, 5) is 28.9. The first kappa shape index (κ1) is 29.3. The largest absolute Gasteiger partial charge is 0.497 e. The van der Waals surface area contributed by atoms with Gasteiger partial charge >= 0.3 is 0 Å². The summed E-state index contributed by atoms with van der Waals surface area (Å²) in [6, 6.07) is 26.5. The third-order valence-corrected chi connectivity index (χ3v) is 8.47. The van der Waals surface area contributed by atoms with E-state index in [2.05, 4.69) is 11.4 Å². The van der Waals surface area contributed by atoms with Gasteiger partial charge in [0.25, 0.3) is 10.0 Å². The molecule has 1 unspecified atom stereocenters. The summed E-state index contributed by atoms with van der Waals surface area (Å²) in [7, 11) is -2.41. The number of hydrogen-bond donors (Lipinski definition) is 2. The van der Waals surface area contributed by atoms with Crippen molar-refractivity contribution in [3.63, 3.8) is 0 Å². The Hall–Kier alpha value is -4.66. The second-order valence-corrected chi connectivity index (χ2v) is 11.9. The zero-order chi connectivity index (χ0) is 29.6. The molecule has 2 N–H and O–H groups in total. The molecular formula is C30H26N4O5S2. The molecule has 0 radical (unpaired) electrons. The van der Waals surface area contributed by atoms with Gasteiger partial charge in [0.05, 0.1) is 28.5 Å². The molecule has 0 saturated carbocycles. The molecule has 0 fully saturated rings. The standard InChI is InChI=1S/C30H26N4O5S2/c1-19(29(36)32-23-11-15-25(16-12-23)41(37,38)34-20(2)35)40-30-27(18-31)26(21-9-13-24(39-3)14-10-21)17-28(33-30)22-7-5-4-6-8-22/h4-17,19H,1-3H3,(H,32,36)(H,34,35). The van der Waals surface area contributed by atoms with Crippen LogP contribution in [-0.4, -0.2) is 37.6 Å². The highest BCUT2D eigenvalue weighted by Gasteiger charge is 2.22. The van der Waals surface area contributed by atoms with E-state index in [1.165, 1.54) is 24.3 Å². The van der Waals surface area contributed by atoms with Crippen LogP contribution >= 0.6 is 11.8 Å². The van der Waals surface area contributed by atoms with Gasteiger partial charge in [-0.1, -0.05) is 54.2 Å². The predicted molar refractivity (Wildman–Crippen MR) is 158 cm³/mol. The van der Waals surface area contributed by atoms with Crippen molar-refractivity contribution in [2.45, 2.75) is 29.0 Å². The first-order valence-corrected chi connectivity index (χ1v) is 14.7. The SMILES string of the molecule is COc1ccc(-c2cc(-c3ccccc3)nc(SC(C)C(=O)Nc3ccc(S(=O)(=O)NC(C)=O)cc3)c2C#N)cc1. The van der Waals surface area contributed by atoms with E-state index in [9.17, 15) is 23.3 Å². The summed E-state index contributed by atoms with van der Waals surface area (Å²) in [6.45, 7) is 2.80. The monoisotopic (exact) mass is 586 g/mol. The number of hydrogen-bond acceptors (Lipinski definition) is 8. The van der Waals surface area contributed by atoms with Gasteiger partial charge in [-0.15, -0.1) is 0 Å². The fourth-order valence-corrected chi connectivity index (χ4v) is 5.82. The number of ether oxygens (including phenoxy) is 1. The zero-order valence-corrected chi connectivity index (χ0v) is 24.0. The van der Waals surface area contributed by atoms with Crippen LogP contribution in [0.5, 0.6) is 5.75 Å². The highest BCUT2D eigenvalue weighted by molar-refractivity contribution is 8.00. The summed E-state index contributed by atoms with van der Waals surface area (Å²) in [6.07, 6.45) is 0. The van der Waals surface area contributed by atoms with Crippen LogP contribution < -0.4 is 14.8 Å². The maximum Gasteiger partial charge on any atom is 0.264 e. The molecule has 3 aromatic carbocycles. The predicted octanol–water partition coefficient (Wildman–Crippen LogP) is 5.24. The Labute approximate surface area is 242 Å². The lowest BCUT2D eigenvalue weighted by Crippen LogP contribution is -2.28. The molecule has 4 aromatic rings. The van der Waals surface area contributed by atoms with Crippen LogP contribution in [0, 0.1) is 11.3 Å². The van der Waals surface area contributed by atoms with Crippen molar-refractivity contribution < 1.29 is 22.7 Å². The summed E-state index contributed by atoms with van der Waals surface area (Å²) in [5, 5.41) is 12.7. The molecule has 0 aliphatic heterocycles. The van der Waals surface area contributed by atoms with Crippen molar-refractivity contribution in [2.75, 3.05) is 12.4 Å². The van der Waals surface area contributed by atoms with Gasteiger partial charge in [-0.25, -0.2) is 18.1 Å². The lowest BCUT2D eigenvalue weighted by Gasteiger charge is -2.16. The van der Waals surface area contributed by atoms with E-state index in [4.69, 9.17) is 9.72 Å². The lowest BCUT2D eigenvalue weighted by molar-refractivity contribution is -0.117. The third kappa shape index (κ3) is 7.11. The maximum absolute atomic E-state index is 13.1. The maximum atomic E-state index is 13.1. The van der Waals surface area contributed by atoms with Crippen LogP contribution in [0.15, 0.2) is 94.9 Å². The molecule has 9 nitrogen and oxygen atoms in total. The van der Waals surface area contributed by atoms with E-state index in [0.717, 1.165) is 29.8 Å². The molecule has 11 heteroatoms. The molecule has 1 aromatic heterocycles. The fraction of sp³-hybridized carbons (Fsp3) is 0.133. The number of anilines is 1. The molecule has 0 bridgehead atoms. The normalized spacial score (nSPS) is 11.7. The minimum Gasteiger partial charge on any atom is -0.497 e. The molecular weight excluding hydrogens is 560 g/mol. The van der Waals surface area contributed by atoms with Crippen LogP contribution in [0.25, 0.3) is 22.4 Å². The number of rotatable bonds is 9. The number of nitriles is 1. The average molecular weight is 587 g/mol. The second-order valence-electron chi connectivity index (χ2n) is 8.88. The van der Waals surface area contributed by atoms with Gasteiger partial charge < -0.3 is 10.1 Å². The summed E-state index contributed by atoms with van der Waals surface area (Å²) >= 11 is 1.15. The Bertz CT molecular complexity index is 1720. The number of benzene rings is 3. The Morgan fingerprint density at radius 3 is 2.22 bits per heavy atom. The molecule has 1 heterocycles. The van der Waals surface area contributed by atoms with Crippen LogP contribution in [-0.2, 0) is 19.6 Å². The molecule has 0 aliphatic carbocycles. The van der Waals surface area contributed by atoms with Crippen molar-refractivity contribution in [1.82, 2.24) is 9.71 Å². The number of methoxy groups -OCH3 is 1. The van der Waals surface area contributed by atoms with Gasteiger partial charge in [-0.05, 0) is 55.0 Å². The quantitative estimate of drug-likeness (QED) is 0.254. The number of carbonyl (C=O) groups is 2. The van der Waals surface area contributed by atoms with E-state index in [1.54, 1.807) is 14.0 Å². The Kier molecular flexibility index (Phi) is 9.07. The number of pyridine rings is 1. The van der Waals surface area contributed by atoms with Gasteiger partial charge in [-0.2, -0.15) is 5.26 Å². The van der Waals surface area contributed by atoms with Crippen molar-refractivity contribution in [1.29, 1.82) is 5.26 Å². The number of nitrogens with zero attached hydrogens (tertiary/aromatic N) is 2. The Balaban J connectivity index is 1.62. The van der Waals surface area contributed by atoms with E-state index in [0.29, 0.717) is 33.3 Å².